The van der Waals surface area contributed by atoms with Crippen molar-refractivity contribution in [2.75, 3.05) is 0 Å². The number of nitriles is 1. The molecule has 0 radical (unpaired) electrons. The van der Waals surface area contributed by atoms with Gasteiger partial charge >= 0.3 is 6.11 Å². The Balaban J connectivity index is 1.57. The number of halogens is 4. The van der Waals surface area contributed by atoms with Crippen LogP contribution in [0.4, 0.5) is 17.6 Å². The molecule has 0 spiro atoms. The molecule has 0 amide bonds. The Morgan fingerprint density at radius 1 is 1.03 bits per heavy atom. The van der Waals surface area contributed by atoms with Gasteiger partial charge in [0, 0.05) is 0 Å². The van der Waals surface area contributed by atoms with Gasteiger partial charge in [-0.3, -0.25) is 0 Å². The zero-order valence-corrected chi connectivity index (χ0v) is 16.5. The van der Waals surface area contributed by atoms with Crippen molar-refractivity contribution >= 4 is 0 Å². The third-order valence-electron chi connectivity index (χ3n) is 5.63. The number of allylic oxidation sites excluding steroid dienone is 1. The molecule has 0 atom stereocenters. The van der Waals surface area contributed by atoms with Crippen LogP contribution in [-0.2, 0) is 17.8 Å². The molecule has 2 aromatic carbocycles. The summed E-state index contributed by atoms with van der Waals surface area (Å²) in [5, 5.41) is 8.65. The van der Waals surface area contributed by atoms with E-state index in [9.17, 15) is 17.6 Å². The van der Waals surface area contributed by atoms with Crippen molar-refractivity contribution in [1.29, 1.82) is 5.26 Å². The fraction of sp³-hybridized carbons (Fsp3) is 0.375. The quantitative estimate of drug-likeness (QED) is 0.373. The second-order valence-electron chi connectivity index (χ2n) is 7.74. The first-order valence-corrected chi connectivity index (χ1v) is 9.92. The van der Waals surface area contributed by atoms with Gasteiger partial charge < -0.3 is 4.74 Å². The molecule has 0 bridgehead atoms. The fourth-order valence-corrected chi connectivity index (χ4v) is 3.89. The van der Waals surface area contributed by atoms with Crippen molar-refractivity contribution in [2.24, 2.45) is 5.92 Å². The van der Waals surface area contributed by atoms with Crippen LogP contribution in [0.3, 0.4) is 0 Å². The van der Waals surface area contributed by atoms with Gasteiger partial charge in [-0.15, -0.1) is 6.58 Å². The van der Waals surface area contributed by atoms with E-state index in [1.54, 1.807) is 12.1 Å². The smallest absolute Gasteiger partial charge is 0.315 e. The molecule has 1 aliphatic carbocycles. The van der Waals surface area contributed by atoms with Crippen molar-refractivity contribution in [3.05, 3.63) is 82.9 Å². The van der Waals surface area contributed by atoms with E-state index in [2.05, 4.69) is 6.58 Å². The van der Waals surface area contributed by atoms with Gasteiger partial charge in [-0.1, -0.05) is 30.3 Å². The number of ether oxygens (including phenoxy) is 1. The van der Waals surface area contributed by atoms with E-state index < -0.39 is 29.7 Å². The lowest BCUT2D eigenvalue weighted by molar-refractivity contribution is -0.244. The minimum absolute atomic E-state index is 0.278. The van der Waals surface area contributed by atoms with E-state index in [1.165, 1.54) is 11.6 Å². The van der Waals surface area contributed by atoms with Crippen LogP contribution in [0.15, 0.2) is 49.1 Å². The second-order valence-corrected chi connectivity index (χ2v) is 7.74. The van der Waals surface area contributed by atoms with E-state index in [0.717, 1.165) is 37.8 Å². The standard InChI is InChI=1S/C24H23F4NO/c1-2-16-3-7-19(8-4-16)20-9-5-17(6-10-20)15-30-24(27,28)13-18-11-22(25)21(14-29)23(26)12-18/h2,5-6,9-12,16,19H,1,3-4,7-8,13,15H2. The van der Waals surface area contributed by atoms with Crippen LogP contribution in [0, 0.1) is 28.9 Å². The molecule has 1 aliphatic rings. The van der Waals surface area contributed by atoms with Crippen molar-refractivity contribution in [3.8, 4) is 6.07 Å². The Kier molecular flexibility index (Phi) is 6.94. The second kappa shape index (κ2) is 9.44. The lowest BCUT2D eigenvalue weighted by atomic mass is 9.79. The van der Waals surface area contributed by atoms with Crippen molar-refractivity contribution in [3.63, 3.8) is 0 Å². The highest BCUT2D eigenvalue weighted by atomic mass is 19.3. The first-order valence-electron chi connectivity index (χ1n) is 9.92. The summed E-state index contributed by atoms with van der Waals surface area (Å²) in [5.74, 6) is -1.28. The maximum Gasteiger partial charge on any atom is 0.360 e. The lowest BCUT2D eigenvalue weighted by Gasteiger charge is -2.27. The Bertz CT molecular complexity index is 902. The van der Waals surface area contributed by atoms with Crippen molar-refractivity contribution in [1.82, 2.24) is 0 Å². The van der Waals surface area contributed by atoms with E-state index in [0.29, 0.717) is 17.4 Å². The molecule has 30 heavy (non-hydrogen) atoms. The molecule has 1 saturated carbocycles. The van der Waals surface area contributed by atoms with Gasteiger partial charge in [0.15, 0.2) is 0 Å². The third kappa shape index (κ3) is 5.48. The van der Waals surface area contributed by atoms with Crippen LogP contribution in [-0.4, -0.2) is 6.11 Å². The van der Waals surface area contributed by atoms with Gasteiger partial charge in [0.1, 0.15) is 23.3 Å². The SMILES string of the molecule is C=CC1CCC(c2ccc(COC(F)(F)Cc3cc(F)c(C#N)c(F)c3)cc2)CC1. The minimum Gasteiger partial charge on any atom is -0.315 e. The summed E-state index contributed by atoms with van der Waals surface area (Å²) >= 11 is 0. The van der Waals surface area contributed by atoms with Crippen LogP contribution >= 0.6 is 0 Å². The Morgan fingerprint density at radius 2 is 1.63 bits per heavy atom. The summed E-state index contributed by atoms with van der Waals surface area (Å²) in [6, 6.07) is 10.3. The fourth-order valence-electron chi connectivity index (χ4n) is 3.89. The largest absolute Gasteiger partial charge is 0.360 e. The maximum atomic E-state index is 14.1. The van der Waals surface area contributed by atoms with Gasteiger partial charge in [0.25, 0.3) is 0 Å². The molecule has 6 heteroatoms. The van der Waals surface area contributed by atoms with E-state index in [4.69, 9.17) is 10.00 Å². The Labute approximate surface area is 173 Å². The third-order valence-corrected chi connectivity index (χ3v) is 5.63. The average molecular weight is 417 g/mol. The van der Waals surface area contributed by atoms with Crippen LogP contribution in [0.1, 0.15) is 53.9 Å². The van der Waals surface area contributed by atoms with Gasteiger partial charge in [-0.2, -0.15) is 14.0 Å². The zero-order chi connectivity index (χ0) is 21.7. The minimum atomic E-state index is -3.60. The highest BCUT2D eigenvalue weighted by Gasteiger charge is 2.31. The first kappa shape index (κ1) is 22.0. The molecule has 1 fully saturated rings. The molecule has 2 aromatic rings. The molecular weight excluding hydrogens is 394 g/mol. The molecule has 0 aromatic heterocycles. The summed E-state index contributed by atoms with van der Waals surface area (Å²) in [4.78, 5) is 0. The van der Waals surface area contributed by atoms with Crippen LogP contribution in [0.25, 0.3) is 0 Å². The number of rotatable bonds is 7. The summed E-state index contributed by atoms with van der Waals surface area (Å²) in [6.07, 6.45) is 1.82. The number of benzene rings is 2. The average Bonchev–Trinajstić information content (AvgIpc) is 2.72. The van der Waals surface area contributed by atoms with Crippen molar-refractivity contribution in [2.45, 2.75) is 50.7 Å². The molecule has 0 unspecified atom stereocenters. The number of hydrogen-bond donors (Lipinski definition) is 0. The summed E-state index contributed by atoms with van der Waals surface area (Å²) in [7, 11) is 0. The van der Waals surface area contributed by atoms with Crippen molar-refractivity contribution < 1.29 is 22.3 Å². The van der Waals surface area contributed by atoms with Crippen LogP contribution < -0.4 is 0 Å². The number of hydrogen-bond acceptors (Lipinski definition) is 2. The maximum absolute atomic E-state index is 14.1. The van der Waals surface area contributed by atoms with Gasteiger partial charge in [0.2, 0.25) is 0 Å². The van der Waals surface area contributed by atoms with Crippen LogP contribution in [0.2, 0.25) is 0 Å². The van der Waals surface area contributed by atoms with E-state index >= 15 is 0 Å². The van der Waals surface area contributed by atoms with E-state index in [-0.39, 0.29) is 12.2 Å². The molecular formula is C24H23F4NO. The Morgan fingerprint density at radius 3 is 2.17 bits per heavy atom. The summed E-state index contributed by atoms with van der Waals surface area (Å²) in [6.45, 7) is 3.53. The number of alkyl halides is 2. The molecule has 0 N–H and O–H groups in total. The normalized spacial score (nSPS) is 19.3. The Hall–Kier alpha value is -2.65. The number of nitrogens with zero attached hydrogens (tertiary/aromatic N) is 1. The molecule has 158 valence electrons. The highest BCUT2D eigenvalue weighted by Crippen LogP contribution is 2.36. The topological polar surface area (TPSA) is 33.0 Å². The molecule has 3 rings (SSSR count). The molecule has 0 heterocycles. The molecule has 2 nitrogen and oxygen atoms in total. The first-order chi connectivity index (χ1) is 14.3. The predicted octanol–water partition coefficient (Wildman–Crippen LogP) is 6.65. The monoisotopic (exact) mass is 417 g/mol. The highest BCUT2D eigenvalue weighted by molar-refractivity contribution is 5.35. The van der Waals surface area contributed by atoms with Crippen LogP contribution in [0.5, 0.6) is 0 Å². The molecule has 0 aliphatic heterocycles. The predicted molar refractivity (Wildman–Crippen MR) is 106 cm³/mol. The molecule has 0 saturated heterocycles. The zero-order valence-electron chi connectivity index (χ0n) is 16.5. The van der Waals surface area contributed by atoms with Gasteiger partial charge in [0.05, 0.1) is 13.0 Å². The van der Waals surface area contributed by atoms with Gasteiger partial charge in [-0.25, -0.2) is 8.78 Å². The van der Waals surface area contributed by atoms with E-state index in [1.807, 2.05) is 18.2 Å². The van der Waals surface area contributed by atoms with Gasteiger partial charge in [-0.05, 0) is 66.3 Å². The summed E-state index contributed by atoms with van der Waals surface area (Å²) in [5.41, 5.74) is 0.715. The lowest BCUT2D eigenvalue weighted by Crippen LogP contribution is -2.24. The summed E-state index contributed by atoms with van der Waals surface area (Å²) < 4.78 is 60.2.